The number of nitrogens with one attached hydrogen (secondary N) is 1. The Morgan fingerprint density at radius 2 is 2.17 bits per heavy atom. The predicted octanol–water partition coefficient (Wildman–Crippen LogP) is 3.58. The molecule has 2 aromatic rings. The van der Waals surface area contributed by atoms with Crippen molar-refractivity contribution < 1.29 is 19.0 Å². The van der Waals surface area contributed by atoms with E-state index in [-0.39, 0.29) is 12.3 Å². The van der Waals surface area contributed by atoms with Crippen LogP contribution in [-0.4, -0.2) is 67.6 Å². The van der Waals surface area contributed by atoms with Gasteiger partial charge in [-0.3, -0.25) is 0 Å². The quantitative estimate of drug-likeness (QED) is 0.447. The molecule has 0 amide bonds. The minimum absolute atomic E-state index is 0.0672. The smallest absolute Gasteiger partial charge is 0.348 e. The molecule has 2 aromatic heterocycles. The Labute approximate surface area is 181 Å². The average Bonchev–Trinajstić information content (AvgIpc) is 3.05. The van der Waals surface area contributed by atoms with E-state index in [9.17, 15) is 4.79 Å². The van der Waals surface area contributed by atoms with Gasteiger partial charge in [0.15, 0.2) is 6.29 Å². The second kappa shape index (κ2) is 11.0. The van der Waals surface area contributed by atoms with Crippen molar-refractivity contribution in [2.75, 3.05) is 45.8 Å². The number of hydrogen-bond donors (Lipinski definition) is 1. The molecule has 1 saturated heterocycles. The van der Waals surface area contributed by atoms with Crippen LogP contribution in [0, 0.1) is 6.92 Å². The van der Waals surface area contributed by atoms with Crippen LogP contribution in [0.25, 0.3) is 10.2 Å². The third kappa shape index (κ3) is 5.87. The van der Waals surface area contributed by atoms with Crippen molar-refractivity contribution in [2.24, 2.45) is 0 Å². The zero-order valence-electron chi connectivity index (χ0n) is 18.3. The molecule has 0 bridgehead atoms. The summed E-state index contributed by atoms with van der Waals surface area (Å²) >= 11 is 1.36. The molecule has 0 saturated carbocycles. The van der Waals surface area contributed by atoms with Gasteiger partial charge in [-0.1, -0.05) is 0 Å². The molecule has 0 unspecified atom stereocenters. The van der Waals surface area contributed by atoms with Crippen LogP contribution < -0.4 is 5.32 Å². The highest BCUT2D eigenvalue weighted by Gasteiger charge is 2.21. The number of carbonyl (C=O) groups excluding carboxylic acids is 1. The fourth-order valence-electron chi connectivity index (χ4n) is 3.39. The number of esters is 1. The topological polar surface area (TPSA) is 85.8 Å². The molecule has 9 heteroatoms. The molecular formula is C21H32N4O4S. The van der Waals surface area contributed by atoms with E-state index in [2.05, 4.69) is 10.3 Å². The lowest BCUT2D eigenvalue weighted by Crippen LogP contribution is -2.23. The standard InChI is InChI=1S/C21H32N4O4S/c1-5-27-21(26)18-14(2)17-19(23-15(13-25(3)4)24-20(17)30-18)22-10-8-12-29-16-9-6-7-11-28-16/h16H,5-13H2,1-4H3,(H,22,23,24)/t16-/m1/s1. The Bertz CT molecular complexity index is 849. The molecule has 30 heavy (non-hydrogen) atoms. The highest BCUT2D eigenvalue weighted by Crippen LogP contribution is 2.34. The summed E-state index contributed by atoms with van der Waals surface area (Å²) in [5.41, 5.74) is 0.860. The Hall–Kier alpha value is -1.81. The number of aromatic nitrogens is 2. The largest absolute Gasteiger partial charge is 0.462 e. The first-order valence-electron chi connectivity index (χ1n) is 10.6. The van der Waals surface area contributed by atoms with Crippen LogP contribution in [0.5, 0.6) is 0 Å². The van der Waals surface area contributed by atoms with E-state index in [4.69, 9.17) is 19.2 Å². The lowest BCUT2D eigenvalue weighted by molar-refractivity contribution is -0.162. The van der Waals surface area contributed by atoms with Gasteiger partial charge in [0.1, 0.15) is 21.3 Å². The van der Waals surface area contributed by atoms with Crippen molar-refractivity contribution in [1.29, 1.82) is 0 Å². The number of rotatable bonds is 10. The molecular weight excluding hydrogens is 404 g/mol. The molecule has 1 aliphatic rings. The minimum Gasteiger partial charge on any atom is -0.462 e. The molecule has 0 radical (unpaired) electrons. The van der Waals surface area contributed by atoms with E-state index in [1.165, 1.54) is 11.3 Å². The van der Waals surface area contributed by atoms with E-state index in [1.54, 1.807) is 0 Å². The van der Waals surface area contributed by atoms with Crippen molar-refractivity contribution in [3.63, 3.8) is 0 Å². The lowest BCUT2D eigenvalue weighted by atomic mass is 10.2. The Balaban J connectivity index is 1.72. The van der Waals surface area contributed by atoms with Gasteiger partial charge in [-0.25, -0.2) is 14.8 Å². The van der Waals surface area contributed by atoms with Gasteiger partial charge >= 0.3 is 5.97 Å². The Kier molecular flexibility index (Phi) is 8.38. The highest BCUT2D eigenvalue weighted by molar-refractivity contribution is 7.20. The van der Waals surface area contributed by atoms with Gasteiger partial charge in [0, 0.05) is 13.2 Å². The number of anilines is 1. The third-order valence-corrected chi connectivity index (χ3v) is 5.98. The molecule has 3 rings (SSSR count). The first-order chi connectivity index (χ1) is 14.5. The van der Waals surface area contributed by atoms with Gasteiger partial charge in [-0.05, 0) is 59.2 Å². The normalized spacial score (nSPS) is 16.9. The molecule has 1 fully saturated rings. The molecule has 0 spiro atoms. The first-order valence-corrected chi connectivity index (χ1v) is 11.4. The maximum atomic E-state index is 12.3. The van der Waals surface area contributed by atoms with Crippen molar-refractivity contribution in [1.82, 2.24) is 14.9 Å². The van der Waals surface area contributed by atoms with E-state index in [0.29, 0.717) is 31.2 Å². The van der Waals surface area contributed by atoms with Gasteiger partial charge < -0.3 is 24.4 Å². The summed E-state index contributed by atoms with van der Waals surface area (Å²) in [7, 11) is 3.96. The van der Waals surface area contributed by atoms with Crippen LogP contribution in [0.3, 0.4) is 0 Å². The van der Waals surface area contributed by atoms with Crippen molar-refractivity contribution in [3.8, 4) is 0 Å². The van der Waals surface area contributed by atoms with Gasteiger partial charge in [0.2, 0.25) is 0 Å². The molecule has 166 valence electrons. The van der Waals surface area contributed by atoms with Crippen LogP contribution in [0.4, 0.5) is 5.82 Å². The van der Waals surface area contributed by atoms with Crippen LogP contribution in [0.15, 0.2) is 0 Å². The van der Waals surface area contributed by atoms with E-state index in [1.807, 2.05) is 32.8 Å². The van der Waals surface area contributed by atoms with E-state index >= 15 is 0 Å². The summed E-state index contributed by atoms with van der Waals surface area (Å²) in [5, 5.41) is 4.32. The van der Waals surface area contributed by atoms with Gasteiger partial charge in [-0.2, -0.15) is 0 Å². The zero-order valence-corrected chi connectivity index (χ0v) is 19.1. The fraction of sp³-hybridized carbons (Fsp3) is 0.667. The Morgan fingerprint density at radius 3 is 2.87 bits per heavy atom. The summed E-state index contributed by atoms with van der Waals surface area (Å²) in [6.07, 6.45) is 4.02. The first kappa shape index (κ1) is 22.9. The van der Waals surface area contributed by atoms with Gasteiger partial charge in [0.25, 0.3) is 0 Å². The molecule has 1 aliphatic heterocycles. The molecule has 1 atom stereocenters. The summed E-state index contributed by atoms with van der Waals surface area (Å²) in [6.45, 7) is 6.84. The number of fused-ring (bicyclic) bond motifs is 1. The zero-order chi connectivity index (χ0) is 21.5. The second-order valence-corrected chi connectivity index (χ2v) is 8.63. The maximum absolute atomic E-state index is 12.3. The molecule has 0 aromatic carbocycles. The van der Waals surface area contributed by atoms with Gasteiger partial charge in [-0.15, -0.1) is 11.3 Å². The Morgan fingerprint density at radius 1 is 1.33 bits per heavy atom. The molecule has 1 N–H and O–H groups in total. The van der Waals surface area contributed by atoms with Gasteiger partial charge in [0.05, 0.1) is 25.1 Å². The minimum atomic E-state index is -0.306. The fourth-order valence-corrected chi connectivity index (χ4v) is 4.49. The molecule has 0 aliphatic carbocycles. The second-order valence-electron chi connectivity index (χ2n) is 7.63. The highest BCUT2D eigenvalue weighted by atomic mass is 32.1. The molecule has 8 nitrogen and oxygen atoms in total. The van der Waals surface area contributed by atoms with Crippen LogP contribution in [-0.2, 0) is 20.8 Å². The van der Waals surface area contributed by atoms with Crippen molar-refractivity contribution in [3.05, 3.63) is 16.3 Å². The van der Waals surface area contributed by atoms with Crippen LogP contribution in [0.1, 0.15) is 53.7 Å². The SMILES string of the molecule is CCOC(=O)c1sc2nc(CN(C)C)nc(NCCCO[C@@H]3CCCCO3)c2c1C. The summed E-state index contributed by atoms with van der Waals surface area (Å²) < 4.78 is 16.6. The molecule has 3 heterocycles. The summed E-state index contributed by atoms with van der Waals surface area (Å²) in [4.78, 5) is 25.2. The van der Waals surface area contributed by atoms with E-state index < -0.39 is 0 Å². The third-order valence-electron chi connectivity index (χ3n) is 4.81. The number of ether oxygens (including phenoxy) is 3. The van der Waals surface area contributed by atoms with Crippen LogP contribution >= 0.6 is 11.3 Å². The maximum Gasteiger partial charge on any atom is 0.348 e. The number of nitrogens with zero attached hydrogens (tertiary/aromatic N) is 3. The number of carbonyl (C=O) groups is 1. The number of aryl methyl sites for hydroxylation is 1. The van der Waals surface area contributed by atoms with E-state index in [0.717, 1.165) is 59.7 Å². The predicted molar refractivity (Wildman–Crippen MR) is 118 cm³/mol. The monoisotopic (exact) mass is 436 g/mol. The average molecular weight is 437 g/mol. The number of hydrogen-bond acceptors (Lipinski definition) is 9. The van der Waals surface area contributed by atoms with Crippen molar-refractivity contribution in [2.45, 2.75) is 52.4 Å². The number of thiophene rings is 1. The lowest BCUT2D eigenvalue weighted by Gasteiger charge is -2.22. The van der Waals surface area contributed by atoms with Crippen LogP contribution in [0.2, 0.25) is 0 Å². The summed E-state index contributed by atoms with van der Waals surface area (Å²) in [5.74, 6) is 1.17. The van der Waals surface area contributed by atoms with Crippen molar-refractivity contribution >= 4 is 33.3 Å². The summed E-state index contributed by atoms with van der Waals surface area (Å²) in [6, 6.07) is 0.